The Labute approximate surface area is 123 Å². The topological polar surface area (TPSA) is 66.5 Å². The lowest BCUT2D eigenvalue weighted by molar-refractivity contribution is -0.134. The molecule has 5 heteroatoms. The van der Waals surface area contributed by atoms with Crippen molar-refractivity contribution < 1.29 is 14.4 Å². The monoisotopic (exact) mass is 286 g/mol. The minimum atomic E-state index is -0.550. The van der Waals surface area contributed by atoms with Crippen molar-refractivity contribution in [3.8, 4) is 0 Å². The molecule has 0 fully saturated rings. The van der Waals surface area contributed by atoms with E-state index in [1.165, 1.54) is 0 Å². The van der Waals surface area contributed by atoms with Gasteiger partial charge in [-0.2, -0.15) is 0 Å². The molecule has 110 valence electrons. The van der Waals surface area contributed by atoms with Crippen molar-refractivity contribution in [1.29, 1.82) is 0 Å². The van der Waals surface area contributed by atoms with Crippen molar-refractivity contribution in [2.45, 2.75) is 39.0 Å². The maximum absolute atomic E-state index is 11.9. The summed E-state index contributed by atoms with van der Waals surface area (Å²) in [4.78, 5) is 37.1. The standard InChI is InChI=1S/C16H18N2O3/c1-2-3-13(19)16(21)17-12-8-10-4-5-14(20)18-7-6-11(9-12)15(10)18/h8-9H,2-7H2,1H3,(H,17,21). The van der Waals surface area contributed by atoms with Gasteiger partial charge in [0.1, 0.15) is 0 Å². The molecule has 0 saturated carbocycles. The Morgan fingerprint density at radius 2 is 1.90 bits per heavy atom. The fourth-order valence-corrected chi connectivity index (χ4v) is 3.07. The van der Waals surface area contributed by atoms with E-state index in [9.17, 15) is 14.4 Å². The van der Waals surface area contributed by atoms with Crippen LogP contribution in [-0.2, 0) is 27.2 Å². The fourth-order valence-electron chi connectivity index (χ4n) is 3.07. The maximum Gasteiger partial charge on any atom is 0.291 e. The van der Waals surface area contributed by atoms with Gasteiger partial charge in [-0.05, 0) is 42.5 Å². The molecule has 0 unspecified atom stereocenters. The minimum Gasteiger partial charge on any atom is -0.319 e. The molecule has 0 atom stereocenters. The molecule has 21 heavy (non-hydrogen) atoms. The van der Waals surface area contributed by atoms with E-state index in [4.69, 9.17) is 0 Å². The van der Waals surface area contributed by atoms with E-state index in [-0.39, 0.29) is 18.1 Å². The summed E-state index contributed by atoms with van der Waals surface area (Å²) < 4.78 is 0. The van der Waals surface area contributed by atoms with Crippen molar-refractivity contribution in [3.63, 3.8) is 0 Å². The van der Waals surface area contributed by atoms with Crippen LogP contribution in [0, 0.1) is 0 Å². The van der Waals surface area contributed by atoms with Crippen molar-refractivity contribution in [3.05, 3.63) is 23.3 Å². The molecule has 0 saturated heterocycles. The summed E-state index contributed by atoms with van der Waals surface area (Å²) in [6, 6.07) is 3.77. The normalized spacial score (nSPS) is 15.9. The van der Waals surface area contributed by atoms with Crippen LogP contribution < -0.4 is 10.2 Å². The van der Waals surface area contributed by atoms with Crippen molar-refractivity contribution >= 4 is 29.0 Å². The number of nitrogens with one attached hydrogen (secondary N) is 1. The molecule has 2 heterocycles. The number of carbonyl (C=O) groups is 3. The van der Waals surface area contributed by atoms with E-state index >= 15 is 0 Å². The zero-order valence-electron chi connectivity index (χ0n) is 12.1. The van der Waals surface area contributed by atoms with Gasteiger partial charge in [-0.1, -0.05) is 6.92 Å². The number of aryl methyl sites for hydroxylation is 1. The zero-order valence-corrected chi connectivity index (χ0v) is 12.1. The summed E-state index contributed by atoms with van der Waals surface area (Å²) in [5.74, 6) is -0.759. The van der Waals surface area contributed by atoms with Gasteiger partial charge in [0.2, 0.25) is 11.7 Å². The van der Waals surface area contributed by atoms with Gasteiger partial charge in [0.25, 0.3) is 5.91 Å². The Hall–Kier alpha value is -2.17. The first-order chi connectivity index (χ1) is 10.1. The molecule has 2 amide bonds. The summed E-state index contributed by atoms with van der Waals surface area (Å²) in [5, 5.41) is 2.69. The van der Waals surface area contributed by atoms with Crippen LogP contribution in [-0.4, -0.2) is 24.1 Å². The predicted octanol–water partition coefficient (Wildman–Crippen LogP) is 1.83. The molecule has 0 bridgehead atoms. The summed E-state index contributed by atoms with van der Waals surface area (Å²) in [6.07, 6.45) is 2.95. The Kier molecular flexibility index (Phi) is 3.49. The van der Waals surface area contributed by atoms with Gasteiger partial charge < -0.3 is 10.2 Å². The highest BCUT2D eigenvalue weighted by atomic mass is 16.2. The largest absolute Gasteiger partial charge is 0.319 e. The third kappa shape index (κ3) is 2.44. The lowest BCUT2D eigenvalue weighted by Crippen LogP contribution is -2.32. The van der Waals surface area contributed by atoms with Gasteiger partial charge >= 0.3 is 0 Å². The highest BCUT2D eigenvalue weighted by Crippen LogP contribution is 2.38. The number of ketones is 1. The van der Waals surface area contributed by atoms with Crippen LogP contribution in [0.4, 0.5) is 11.4 Å². The number of hydrogen-bond acceptors (Lipinski definition) is 3. The molecule has 0 spiro atoms. The van der Waals surface area contributed by atoms with Crippen molar-refractivity contribution in [2.24, 2.45) is 0 Å². The Morgan fingerprint density at radius 1 is 1.19 bits per heavy atom. The van der Waals surface area contributed by atoms with Gasteiger partial charge in [-0.3, -0.25) is 14.4 Å². The van der Waals surface area contributed by atoms with Crippen LogP contribution in [0.3, 0.4) is 0 Å². The number of amides is 2. The molecule has 2 aliphatic heterocycles. The molecule has 1 aromatic carbocycles. The number of nitrogens with zero attached hydrogens (tertiary/aromatic N) is 1. The smallest absolute Gasteiger partial charge is 0.291 e. The van der Waals surface area contributed by atoms with Crippen molar-refractivity contribution in [2.75, 3.05) is 16.8 Å². The van der Waals surface area contributed by atoms with Gasteiger partial charge in [-0.25, -0.2) is 0 Å². The van der Waals surface area contributed by atoms with E-state index in [1.807, 2.05) is 24.0 Å². The van der Waals surface area contributed by atoms with Crippen LogP contribution in [0.15, 0.2) is 12.1 Å². The molecule has 5 nitrogen and oxygen atoms in total. The molecule has 2 aliphatic rings. The molecule has 0 aliphatic carbocycles. The average molecular weight is 286 g/mol. The first kappa shape index (κ1) is 13.8. The highest BCUT2D eigenvalue weighted by molar-refractivity contribution is 6.40. The van der Waals surface area contributed by atoms with E-state index < -0.39 is 5.91 Å². The lowest BCUT2D eigenvalue weighted by atomic mass is 9.98. The number of hydrogen-bond donors (Lipinski definition) is 1. The first-order valence-electron chi connectivity index (χ1n) is 7.40. The number of benzene rings is 1. The fraction of sp³-hybridized carbons (Fsp3) is 0.438. The van der Waals surface area contributed by atoms with Crippen molar-refractivity contribution in [1.82, 2.24) is 0 Å². The minimum absolute atomic E-state index is 0.177. The molecule has 3 rings (SSSR count). The number of anilines is 2. The lowest BCUT2D eigenvalue weighted by Gasteiger charge is -2.25. The molecule has 1 aromatic rings. The Bertz CT molecular complexity index is 637. The summed E-state index contributed by atoms with van der Waals surface area (Å²) >= 11 is 0. The van der Waals surface area contributed by atoms with Gasteiger partial charge in [0.05, 0.1) is 5.69 Å². The second kappa shape index (κ2) is 5.31. The van der Waals surface area contributed by atoms with Crippen LogP contribution in [0.5, 0.6) is 0 Å². The first-order valence-corrected chi connectivity index (χ1v) is 7.40. The summed E-state index contributed by atoms with van der Waals surface area (Å²) in [5.41, 5.74) is 3.85. The van der Waals surface area contributed by atoms with Crippen LogP contribution in [0.25, 0.3) is 0 Å². The molecular weight excluding hydrogens is 268 g/mol. The Balaban J connectivity index is 1.85. The zero-order chi connectivity index (χ0) is 15.0. The van der Waals surface area contributed by atoms with Gasteiger partial charge in [-0.15, -0.1) is 0 Å². The highest BCUT2D eigenvalue weighted by Gasteiger charge is 2.31. The van der Waals surface area contributed by atoms with Crippen LogP contribution in [0.1, 0.15) is 37.3 Å². The third-order valence-corrected chi connectivity index (χ3v) is 4.04. The second-order valence-corrected chi connectivity index (χ2v) is 5.57. The van der Waals surface area contributed by atoms with Gasteiger partial charge in [0.15, 0.2) is 0 Å². The summed E-state index contributed by atoms with van der Waals surface area (Å²) in [7, 11) is 0. The van der Waals surface area contributed by atoms with E-state index in [2.05, 4.69) is 5.32 Å². The van der Waals surface area contributed by atoms with Crippen LogP contribution in [0.2, 0.25) is 0 Å². The predicted molar refractivity (Wildman–Crippen MR) is 79.4 cm³/mol. The van der Waals surface area contributed by atoms with E-state index in [0.717, 1.165) is 23.2 Å². The van der Waals surface area contributed by atoms with Gasteiger partial charge in [0, 0.05) is 25.1 Å². The van der Waals surface area contributed by atoms with E-state index in [0.29, 0.717) is 31.5 Å². The summed E-state index contributed by atoms with van der Waals surface area (Å²) in [6.45, 7) is 2.59. The maximum atomic E-state index is 11.9. The Morgan fingerprint density at radius 3 is 2.62 bits per heavy atom. The molecule has 0 aromatic heterocycles. The van der Waals surface area contributed by atoms with E-state index in [1.54, 1.807) is 0 Å². The number of Topliss-reactive ketones (excluding diaryl/α,β-unsaturated/α-hetero) is 1. The third-order valence-electron chi connectivity index (χ3n) is 4.04. The second-order valence-electron chi connectivity index (χ2n) is 5.57. The number of rotatable bonds is 4. The molecule has 1 N–H and O–H groups in total. The van der Waals surface area contributed by atoms with Crippen LogP contribution >= 0.6 is 0 Å². The molecular formula is C16H18N2O3. The number of carbonyl (C=O) groups excluding carboxylic acids is 3. The molecule has 0 radical (unpaired) electrons. The SMILES string of the molecule is CCCC(=O)C(=O)Nc1cc2c3c(c1)CCN3C(=O)CC2. The average Bonchev–Trinajstić information content (AvgIpc) is 2.88. The quantitative estimate of drug-likeness (QED) is 0.859.